The topological polar surface area (TPSA) is 58.2 Å². The average molecular weight is 285 g/mol. The van der Waals surface area contributed by atoms with Gasteiger partial charge in [-0.05, 0) is 18.9 Å². The molecule has 1 saturated heterocycles. The van der Waals surface area contributed by atoms with Gasteiger partial charge >= 0.3 is 0 Å². The van der Waals surface area contributed by atoms with Crippen molar-refractivity contribution >= 4 is 5.91 Å². The van der Waals surface area contributed by atoms with Crippen LogP contribution in [-0.4, -0.2) is 34.4 Å². The van der Waals surface area contributed by atoms with Gasteiger partial charge in [-0.1, -0.05) is 18.2 Å². The van der Waals surface area contributed by atoms with E-state index in [2.05, 4.69) is 9.97 Å². The van der Waals surface area contributed by atoms with E-state index in [9.17, 15) is 4.79 Å². The molecule has 0 spiro atoms. The predicted molar refractivity (Wildman–Crippen MR) is 79.0 cm³/mol. The van der Waals surface area contributed by atoms with Crippen molar-refractivity contribution in [3.8, 4) is 5.75 Å². The number of nitrogens with zero attached hydrogens (tertiary/aromatic N) is 2. The van der Waals surface area contributed by atoms with Crippen molar-refractivity contribution < 1.29 is 9.53 Å². The Bertz CT molecular complexity index is 610. The molecule has 1 amide bonds. The van der Waals surface area contributed by atoms with Crippen molar-refractivity contribution in [2.75, 3.05) is 13.7 Å². The quantitative estimate of drug-likeness (QED) is 0.938. The standard InChI is InChI=1S/C16H19N3O2/c1-21-15-7-3-2-5-13(15)14-6-4-8-19(14)16(20)9-12-10-17-11-18-12/h2-3,5,7,10-11,14H,4,6,8-9H2,1H3,(H,17,18). The highest BCUT2D eigenvalue weighted by atomic mass is 16.5. The molecule has 1 unspecified atom stereocenters. The lowest BCUT2D eigenvalue weighted by Gasteiger charge is -2.26. The number of para-hydroxylation sites is 1. The molecule has 1 aliphatic heterocycles. The van der Waals surface area contributed by atoms with Crippen LogP contribution in [0.5, 0.6) is 5.75 Å². The van der Waals surface area contributed by atoms with Crippen molar-refractivity contribution in [3.05, 3.63) is 48.0 Å². The van der Waals surface area contributed by atoms with Gasteiger partial charge in [0.15, 0.2) is 0 Å². The van der Waals surface area contributed by atoms with Crippen molar-refractivity contribution in [1.82, 2.24) is 14.9 Å². The highest BCUT2D eigenvalue weighted by molar-refractivity contribution is 5.79. The van der Waals surface area contributed by atoms with E-state index in [4.69, 9.17) is 4.74 Å². The van der Waals surface area contributed by atoms with Crippen molar-refractivity contribution in [2.24, 2.45) is 0 Å². The first-order chi connectivity index (χ1) is 10.3. The Balaban J connectivity index is 1.80. The van der Waals surface area contributed by atoms with E-state index in [1.807, 2.05) is 29.2 Å². The van der Waals surface area contributed by atoms with E-state index in [0.29, 0.717) is 6.42 Å². The molecule has 110 valence electrons. The van der Waals surface area contributed by atoms with Gasteiger partial charge in [-0.15, -0.1) is 0 Å². The van der Waals surface area contributed by atoms with Gasteiger partial charge in [0.2, 0.25) is 5.91 Å². The van der Waals surface area contributed by atoms with Crippen LogP contribution >= 0.6 is 0 Å². The summed E-state index contributed by atoms with van der Waals surface area (Å²) in [4.78, 5) is 21.4. The maximum absolute atomic E-state index is 12.5. The van der Waals surface area contributed by atoms with E-state index < -0.39 is 0 Å². The summed E-state index contributed by atoms with van der Waals surface area (Å²) in [7, 11) is 1.67. The molecule has 3 rings (SSSR count). The second-order valence-electron chi connectivity index (χ2n) is 5.24. The molecular weight excluding hydrogens is 266 g/mol. The zero-order valence-corrected chi connectivity index (χ0v) is 12.1. The number of amides is 1. The van der Waals surface area contributed by atoms with Crippen LogP contribution in [0, 0.1) is 0 Å². The number of hydrogen-bond acceptors (Lipinski definition) is 3. The average Bonchev–Trinajstić information content (AvgIpc) is 3.18. The van der Waals surface area contributed by atoms with Crippen LogP contribution in [-0.2, 0) is 11.2 Å². The van der Waals surface area contributed by atoms with Crippen LogP contribution in [0.15, 0.2) is 36.8 Å². The Hall–Kier alpha value is -2.30. The van der Waals surface area contributed by atoms with Crippen LogP contribution < -0.4 is 4.74 Å². The zero-order valence-electron chi connectivity index (χ0n) is 12.1. The summed E-state index contributed by atoms with van der Waals surface area (Å²) < 4.78 is 5.44. The van der Waals surface area contributed by atoms with E-state index in [1.165, 1.54) is 0 Å². The third-order valence-electron chi connectivity index (χ3n) is 3.97. The number of methoxy groups -OCH3 is 1. The highest BCUT2D eigenvalue weighted by Gasteiger charge is 2.31. The molecular formula is C16H19N3O2. The molecule has 0 saturated carbocycles. The minimum Gasteiger partial charge on any atom is -0.496 e. The molecule has 1 fully saturated rings. The van der Waals surface area contributed by atoms with Gasteiger partial charge in [0.25, 0.3) is 0 Å². The molecule has 1 aliphatic rings. The van der Waals surface area contributed by atoms with Gasteiger partial charge in [0, 0.05) is 24.0 Å². The van der Waals surface area contributed by atoms with Gasteiger partial charge in [-0.25, -0.2) is 4.98 Å². The first kappa shape index (κ1) is 13.7. The second kappa shape index (κ2) is 5.99. The molecule has 2 heterocycles. The second-order valence-corrected chi connectivity index (χ2v) is 5.24. The third kappa shape index (κ3) is 2.77. The number of H-pyrrole nitrogens is 1. The summed E-state index contributed by atoms with van der Waals surface area (Å²) >= 11 is 0. The number of ether oxygens (including phenoxy) is 1. The molecule has 1 N–H and O–H groups in total. The number of carbonyl (C=O) groups is 1. The molecule has 1 atom stereocenters. The van der Waals surface area contributed by atoms with Crippen LogP contribution in [0.1, 0.15) is 30.1 Å². The summed E-state index contributed by atoms with van der Waals surface area (Å²) in [5, 5.41) is 0. The molecule has 5 heteroatoms. The Morgan fingerprint density at radius 3 is 3.10 bits per heavy atom. The van der Waals surface area contributed by atoms with Crippen molar-refractivity contribution in [2.45, 2.75) is 25.3 Å². The van der Waals surface area contributed by atoms with E-state index >= 15 is 0 Å². The summed E-state index contributed by atoms with van der Waals surface area (Å²) in [5.41, 5.74) is 1.95. The highest BCUT2D eigenvalue weighted by Crippen LogP contribution is 2.37. The van der Waals surface area contributed by atoms with Gasteiger partial charge in [0.05, 0.1) is 25.9 Å². The molecule has 5 nitrogen and oxygen atoms in total. The summed E-state index contributed by atoms with van der Waals surface area (Å²) in [6.45, 7) is 0.801. The molecule has 1 aromatic heterocycles. The third-order valence-corrected chi connectivity index (χ3v) is 3.97. The fraction of sp³-hybridized carbons (Fsp3) is 0.375. The largest absolute Gasteiger partial charge is 0.496 e. The molecule has 21 heavy (non-hydrogen) atoms. The van der Waals surface area contributed by atoms with Gasteiger partial charge in [-0.2, -0.15) is 0 Å². The smallest absolute Gasteiger partial charge is 0.229 e. The minimum absolute atomic E-state index is 0.108. The number of rotatable bonds is 4. The molecule has 0 bridgehead atoms. The number of nitrogens with one attached hydrogen (secondary N) is 1. The Labute approximate surface area is 124 Å². The zero-order chi connectivity index (χ0) is 14.7. The van der Waals surface area contributed by atoms with Crippen LogP contribution in [0.25, 0.3) is 0 Å². The lowest BCUT2D eigenvalue weighted by atomic mass is 10.0. The number of likely N-dealkylation sites (tertiary alicyclic amines) is 1. The van der Waals surface area contributed by atoms with Gasteiger partial charge in [0.1, 0.15) is 5.75 Å². The summed E-state index contributed by atoms with van der Waals surface area (Å²) in [6.07, 6.45) is 5.68. The number of aromatic amines is 1. The monoisotopic (exact) mass is 285 g/mol. The number of imidazole rings is 1. The SMILES string of the molecule is COc1ccccc1C1CCCN1C(=O)Cc1cnc[nH]1. The number of carbonyl (C=O) groups excluding carboxylic acids is 1. The van der Waals surface area contributed by atoms with Crippen molar-refractivity contribution in [3.63, 3.8) is 0 Å². The lowest BCUT2D eigenvalue weighted by molar-refractivity contribution is -0.131. The molecule has 0 radical (unpaired) electrons. The molecule has 2 aromatic rings. The van der Waals surface area contributed by atoms with E-state index in [-0.39, 0.29) is 11.9 Å². The maximum atomic E-state index is 12.5. The normalized spacial score (nSPS) is 18.0. The maximum Gasteiger partial charge on any atom is 0.229 e. The fourth-order valence-corrected chi connectivity index (χ4v) is 2.98. The number of aromatic nitrogens is 2. The van der Waals surface area contributed by atoms with E-state index in [0.717, 1.165) is 36.4 Å². The minimum atomic E-state index is 0.108. The molecule has 0 aliphatic carbocycles. The Kier molecular flexibility index (Phi) is 3.90. The van der Waals surface area contributed by atoms with Gasteiger partial charge in [-0.3, -0.25) is 4.79 Å². The fourth-order valence-electron chi connectivity index (χ4n) is 2.98. The van der Waals surface area contributed by atoms with Gasteiger partial charge < -0.3 is 14.6 Å². The number of hydrogen-bond donors (Lipinski definition) is 1. The van der Waals surface area contributed by atoms with Crippen LogP contribution in [0.3, 0.4) is 0 Å². The Morgan fingerprint density at radius 2 is 2.33 bits per heavy atom. The first-order valence-corrected chi connectivity index (χ1v) is 7.19. The lowest BCUT2D eigenvalue weighted by Crippen LogP contribution is -2.32. The van der Waals surface area contributed by atoms with Crippen LogP contribution in [0.4, 0.5) is 0 Å². The summed E-state index contributed by atoms with van der Waals surface area (Å²) in [6, 6.07) is 8.05. The van der Waals surface area contributed by atoms with Crippen molar-refractivity contribution in [1.29, 1.82) is 0 Å². The Morgan fingerprint density at radius 1 is 1.48 bits per heavy atom. The molecule has 1 aromatic carbocycles. The van der Waals surface area contributed by atoms with Crippen LogP contribution in [0.2, 0.25) is 0 Å². The van der Waals surface area contributed by atoms with E-state index in [1.54, 1.807) is 19.6 Å². The first-order valence-electron chi connectivity index (χ1n) is 7.19. The number of benzene rings is 1. The predicted octanol–water partition coefficient (Wildman–Crippen LogP) is 2.32. The summed E-state index contributed by atoms with van der Waals surface area (Å²) in [5.74, 6) is 0.983.